The number of nitrogens with zero attached hydrogens (tertiary/aromatic N) is 2. The maximum Gasteiger partial charge on any atom is 0.260 e. The van der Waals surface area contributed by atoms with E-state index < -0.39 is 14.1 Å². The van der Waals surface area contributed by atoms with Crippen LogP contribution in [0.5, 0.6) is 11.5 Å². The van der Waals surface area contributed by atoms with Gasteiger partial charge >= 0.3 is 0 Å². The maximum atomic E-state index is 13.8. The molecule has 0 unspecified atom stereocenters. The molecular weight excluding hydrogens is 456 g/mol. The molecule has 0 spiro atoms. The number of carbonyl (C=O) groups is 2. The Bertz CT molecular complexity index is 1080. The molecule has 1 aromatic carbocycles. The zero-order valence-corrected chi connectivity index (χ0v) is 21.5. The summed E-state index contributed by atoms with van der Waals surface area (Å²) in [6.45, 7) is 7.51. The van der Waals surface area contributed by atoms with Crippen LogP contribution in [0.2, 0.25) is 25.7 Å². The van der Waals surface area contributed by atoms with Crippen molar-refractivity contribution in [1.29, 1.82) is 0 Å². The molecule has 0 N–H and O–H groups in total. The maximum absolute atomic E-state index is 13.8. The summed E-state index contributed by atoms with van der Waals surface area (Å²) in [4.78, 5) is 31.6. The molecule has 0 radical (unpaired) electrons. The predicted octanol–water partition coefficient (Wildman–Crippen LogP) is 4.68. The lowest BCUT2D eigenvalue weighted by molar-refractivity contribution is -0.122. The molecule has 2 amide bonds. The summed E-state index contributed by atoms with van der Waals surface area (Å²) in [6, 6.07) is 7.71. The molecule has 7 nitrogen and oxygen atoms in total. The molecule has 2 aromatic rings. The molecule has 3 heterocycles. The highest BCUT2D eigenvalue weighted by Crippen LogP contribution is 2.42. The molecule has 1 atom stereocenters. The number of hydrogen-bond acceptors (Lipinski definition) is 6. The molecule has 0 saturated heterocycles. The lowest BCUT2D eigenvalue weighted by atomic mass is 10.1. The Kier molecular flexibility index (Phi) is 6.65. The van der Waals surface area contributed by atoms with E-state index in [1.165, 1.54) is 14.2 Å². The number of carbonyl (C=O) groups excluding carboxylic acids is 2. The van der Waals surface area contributed by atoms with E-state index in [0.29, 0.717) is 35.8 Å². The Balaban J connectivity index is 1.72. The van der Waals surface area contributed by atoms with Crippen molar-refractivity contribution in [1.82, 2.24) is 4.90 Å². The van der Waals surface area contributed by atoms with Gasteiger partial charge in [-0.25, -0.2) is 0 Å². The first-order chi connectivity index (χ1) is 15.7. The van der Waals surface area contributed by atoms with Crippen LogP contribution in [0.4, 0.5) is 5.69 Å². The van der Waals surface area contributed by atoms with Crippen LogP contribution in [0.15, 0.2) is 35.8 Å². The number of methoxy groups -OCH3 is 2. The predicted molar refractivity (Wildman–Crippen MR) is 133 cm³/mol. The van der Waals surface area contributed by atoms with Crippen molar-refractivity contribution >= 4 is 42.5 Å². The third-order valence-electron chi connectivity index (χ3n) is 5.91. The molecule has 0 fully saturated rings. The summed E-state index contributed by atoms with van der Waals surface area (Å²) in [5.74, 6) is 0.503. The second-order valence-corrected chi connectivity index (χ2v) is 16.0. The van der Waals surface area contributed by atoms with Gasteiger partial charge in [-0.3, -0.25) is 14.5 Å². The SMILES string of the molecule is COc1cc2c(cc1OC)N(COCC[Si](C)(C)C)C(=O)[C@@H]1CC(c3cccs3)=CN1C2=O. The van der Waals surface area contributed by atoms with Crippen molar-refractivity contribution in [3.63, 3.8) is 0 Å². The standard InChI is InChI=1S/C24H30N2O5SSi/c1-29-20-12-17-18(13-21(20)30-2)26(15-31-8-10-33(3,4)5)24(28)19-11-16(14-25(19)23(17)27)22-7-6-9-32-22/h6-7,9,12-14,19H,8,10-11,15H2,1-5H3/t19-/m0/s1. The van der Waals surface area contributed by atoms with Crippen LogP contribution in [0.1, 0.15) is 21.7 Å². The van der Waals surface area contributed by atoms with Crippen molar-refractivity contribution in [2.45, 2.75) is 38.1 Å². The van der Waals surface area contributed by atoms with E-state index in [0.717, 1.165) is 16.5 Å². The normalized spacial score (nSPS) is 18.1. The minimum atomic E-state index is -1.28. The van der Waals surface area contributed by atoms with Gasteiger partial charge in [0.1, 0.15) is 12.8 Å². The average Bonchev–Trinajstić information content (AvgIpc) is 3.45. The largest absolute Gasteiger partial charge is 0.493 e. The van der Waals surface area contributed by atoms with Gasteiger partial charge in [-0.2, -0.15) is 0 Å². The van der Waals surface area contributed by atoms with E-state index in [1.54, 1.807) is 33.3 Å². The second kappa shape index (κ2) is 9.32. The fourth-order valence-corrected chi connectivity index (χ4v) is 5.52. The lowest BCUT2D eigenvalue weighted by Gasteiger charge is -2.26. The number of rotatable bonds is 8. The molecule has 0 bridgehead atoms. The van der Waals surface area contributed by atoms with Gasteiger partial charge in [0.2, 0.25) is 0 Å². The molecule has 4 rings (SSSR count). The van der Waals surface area contributed by atoms with Crippen molar-refractivity contribution in [2.75, 3.05) is 32.5 Å². The zero-order chi connectivity index (χ0) is 23.8. The summed E-state index contributed by atoms with van der Waals surface area (Å²) in [5, 5.41) is 1.99. The first-order valence-corrected chi connectivity index (χ1v) is 15.5. The van der Waals surface area contributed by atoms with Crippen LogP contribution >= 0.6 is 11.3 Å². The van der Waals surface area contributed by atoms with Crippen molar-refractivity contribution < 1.29 is 23.8 Å². The Morgan fingerprint density at radius 1 is 1.12 bits per heavy atom. The van der Waals surface area contributed by atoms with Crippen LogP contribution in [0.25, 0.3) is 5.57 Å². The average molecular weight is 487 g/mol. The van der Waals surface area contributed by atoms with E-state index in [9.17, 15) is 9.59 Å². The molecular formula is C24H30N2O5SSi. The Morgan fingerprint density at radius 3 is 2.48 bits per heavy atom. The number of amides is 2. The number of anilines is 1. The molecule has 9 heteroatoms. The summed E-state index contributed by atoms with van der Waals surface area (Å²) >= 11 is 1.60. The first-order valence-electron chi connectivity index (χ1n) is 11.0. The van der Waals surface area contributed by atoms with Crippen LogP contribution < -0.4 is 14.4 Å². The van der Waals surface area contributed by atoms with E-state index in [4.69, 9.17) is 14.2 Å². The van der Waals surface area contributed by atoms with Gasteiger partial charge in [0.25, 0.3) is 11.8 Å². The van der Waals surface area contributed by atoms with Crippen LogP contribution in [-0.4, -0.2) is 58.4 Å². The number of fused-ring (bicyclic) bond motifs is 2. The number of ether oxygens (including phenoxy) is 3. The van der Waals surface area contributed by atoms with Crippen LogP contribution in [-0.2, 0) is 9.53 Å². The second-order valence-electron chi connectivity index (χ2n) is 9.40. The zero-order valence-electron chi connectivity index (χ0n) is 19.7. The first kappa shape index (κ1) is 23.5. The Morgan fingerprint density at radius 2 is 1.85 bits per heavy atom. The summed E-state index contributed by atoms with van der Waals surface area (Å²) in [6.07, 6.45) is 2.28. The third-order valence-corrected chi connectivity index (χ3v) is 8.56. The van der Waals surface area contributed by atoms with E-state index >= 15 is 0 Å². The Labute approximate surface area is 199 Å². The fourth-order valence-electron chi connectivity index (χ4n) is 4.02. The van der Waals surface area contributed by atoms with Gasteiger partial charge < -0.3 is 19.1 Å². The monoisotopic (exact) mass is 486 g/mol. The summed E-state index contributed by atoms with van der Waals surface area (Å²) in [5.41, 5.74) is 1.86. The highest BCUT2D eigenvalue weighted by Gasteiger charge is 2.43. The summed E-state index contributed by atoms with van der Waals surface area (Å²) < 4.78 is 16.9. The fraction of sp³-hybridized carbons (Fsp3) is 0.417. The minimum Gasteiger partial charge on any atom is -0.493 e. The van der Waals surface area contributed by atoms with Gasteiger partial charge in [0, 0.05) is 38.2 Å². The van der Waals surface area contributed by atoms with E-state index in [2.05, 4.69) is 19.6 Å². The van der Waals surface area contributed by atoms with E-state index in [1.807, 2.05) is 23.7 Å². The molecule has 0 aliphatic carbocycles. The topological polar surface area (TPSA) is 68.3 Å². The number of hydrogen-bond donors (Lipinski definition) is 0. The summed E-state index contributed by atoms with van der Waals surface area (Å²) in [7, 11) is 1.79. The molecule has 2 aliphatic rings. The lowest BCUT2D eigenvalue weighted by Crippen LogP contribution is -2.45. The van der Waals surface area contributed by atoms with Crippen molar-refractivity contribution in [2.24, 2.45) is 0 Å². The minimum absolute atomic E-state index is 0.0811. The Hall–Kier alpha value is -2.62. The molecule has 2 aliphatic heterocycles. The van der Waals surface area contributed by atoms with Gasteiger partial charge in [-0.05, 0) is 29.1 Å². The third kappa shape index (κ3) is 4.71. The van der Waals surface area contributed by atoms with Gasteiger partial charge in [0.15, 0.2) is 11.5 Å². The highest BCUT2D eigenvalue weighted by atomic mass is 32.1. The smallest absolute Gasteiger partial charge is 0.260 e. The molecule has 176 valence electrons. The van der Waals surface area contributed by atoms with Gasteiger partial charge in [0.05, 0.1) is 25.5 Å². The molecule has 0 saturated carbocycles. The molecule has 33 heavy (non-hydrogen) atoms. The number of thiophene rings is 1. The van der Waals surface area contributed by atoms with Crippen LogP contribution in [0, 0.1) is 0 Å². The van der Waals surface area contributed by atoms with Gasteiger partial charge in [-0.15, -0.1) is 11.3 Å². The van der Waals surface area contributed by atoms with Gasteiger partial charge in [-0.1, -0.05) is 25.7 Å². The van der Waals surface area contributed by atoms with Crippen molar-refractivity contribution in [3.05, 3.63) is 46.3 Å². The quantitative estimate of drug-likeness (QED) is 0.400. The van der Waals surface area contributed by atoms with Crippen molar-refractivity contribution in [3.8, 4) is 11.5 Å². The highest BCUT2D eigenvalue weighted by molar-refractivity contribution is 7.11. The number of benzene rings is 1. The van der Waals surface area contributed by atoms with Crippen LogP contribution in [0.3, 0.4) is 0 Å². The van der Waals surface area contributed by atoms with E-state index in [-0.39, 0.29) is 18.5 Å². The molecule has 1 aromatic heterocycles.